The maximum Gasteiger partial charge on any atom is 0.289 e. The van der Waals surface area contributed by atoms with E-state index in [2.05, 4.69) is 20.7 Å². The van der Waals surface area contributed by atoms with Gasteiger partial charge in [0.25, 0.3) is 5.91 Å². The van der Waals surface area contributed by atoms with E-state index in [4.69, 9.17) is 0 Å². The molecule has 0 aliphatic rings. The third-order valence-electron chi connectivity index (χ3n) is 4.49. The van der Waals surface area contributed by atoms with Crippen LogP contribution in [-0.2, 0) is 0 Å². The predicted octanol–water partition coefficient (Wildman–Crippen LogP) is 4.09. The van der Waals surface area contributed by atoms with Gasteiger partial charge < -0.3 is 5.11 Å². The lowest BCUT2D eigenvalue weighted by molar-refractivity contribution is 0.0950. The molecule has 0 aliphatic carbocycles. The molecule has 0 spiro atoms. The van der Waals surface area contributed by atoms with Crippen molar-refractivity contribution in [2.45, 2.75) is 6.92 Å². The molecule has 138 valence electrons. The van der Waals surface area contributed by atoms with E-state index in [0.29, 0.717) is 22.7 Å². The number of hydrogen-bond acceptors (Lipinski definition) is 4. The topological polar surface area (TPSA) is 90.4 Å². The van der Waals surface area contributed by atoms with Crippen molar-refractivity contribution in [3.8, 4) is 17.0 Å². The average molecular weight is 370 g/mol. The summed E-state index contributed by atoms with van der Waals surface area (Å²) in [5.41, 5.74) is 5.45. The Morgan fingerprint density at radius 1 is 1.00 bits per heavy atom. The third-order valence-corrected chi connectivity index (χ3v) is 4.49. The number of aromatic hydroxyl groups is 1. The molecular formula is C22H18N4O2. The molecule has 3 aromatic carbocycles. The number of benzene rings is 3. The van der Waals surface area contributed by atoms with Crippen LogP contribution in [0.15, 0.2) is 77.9 Å². The summed E-state index contributed by atoms with van der Waals surface area (Å²) in [6.07, 6.45) is 0. The number of aromatic amines is 1. The quantitative estimate of drug-likeness (QED) is 0.373. The number of fused-ring (bicyclic) bond motifs is 1. The Balaban J connectivity index is 1.52. The van der Waals surface area contributed by atoms with Crippen molar-refractivity contribution in [3.63, 3.8) is 0 Å². The summed E-state index contributed by atoms with van der Waals surface area (Å²) in [4.78, 5) is 12.4. The standard InChI is InChI=1S/C22H18N4O2/c1-14(18-8-4-5-9-21(18)27)23-26-22(28)20-13-19(24-25-20)17-11-10-15-6-2-3-7-16(15)12-17/h2-13,27H,1H3,(H,24,25)(H,26,28)/b23-14+. The Morgan fingerprint density at radius 2 is 1.75 bits per heavy atom. The number of aromatic nitrogens is 2. The van der Waals surface area contributed by atoms with Gasteiger partial charge in [-0.1, -0.05) is 48.5 Å². The second-order valence-corrected chi connectivity index (χ2v) is 6.38. The number of phenols is 1. The number of hydrogen-bond donors (Lipinski definition) is 3. The molecule has 0 atom stereocenters. The molecule has 0 bridgehead atoms. The van der Waals surface area contributed by atoms with E-state index in [0.717, 1.165) is 16.3 Å². The first-order valence-electron chi connectivity index (χ1n) is 8.79. The second kappa shape index (κ2) is 7.36. The molecule has 0 radical (unpaired) electrons. The van der Waals surface area contributed by atoms with E-state index in [1.165, 1.54) is 0 Å². The number of rotatable bonds is 4. The minimum Gasteiger partial charge on any atom is -0.507 e. The second-order valence-electron chi connectivity index (χ2n) is 6.38. The lowest BCUT2D eigenvalue weighted by Crippen LogP contribution is -2.19. The molecule has 0 aliphatic heterocycles. The molecule has 0 fully saturated rings. The van der Waals surface area contributed by atoms with Crippen molar-refractivity contribution in [1.29, 1.82) is 0 Å². The summed E-state index contributed by atoms with van der Waals surface area (Å²) in [5.74, 6) is -0.299. The minimum atomic E-state index is -0.408. The summed E-state index contributed by atoms with van der Waals surface area (Å²) in [5, 5.41) is 23.2. The largest absolute Gasteiger partial charge is 0.507 e. The van der Waals surface area contributed by atoms with Crippen LogP contribution >= 0.6 is 0 Å². The summed E-state index contributed by atoms with van der Waals surface area (Å²) in [6.45, 7) is 1.71. The first kappa shape index (κ1) is 17.5. The molecule has 4 aromatic rings. The lowest BCUT2D eigenvalue weighted by Gasteiger charge is -2.03. The van der Waals surface area contributed by atoms with Crippen LogP contribution in [0.2, 0.25) is 0 Å². The molecule has 1 aromatic heterocycles. The van der Waals surface area contributed by atoms with E-state index < -0.39 is 5.91 Å². The summed E-state index contributed by atoms with van der Waals surface area (Å²) < 4.78 is 0. The number of nitrogens with zero attached hydrogens (tertiary/aromatic N) is 2. The van der Waals surface area contributed by atoms with Crippen LogP contribution in [0.1, 0.15) is 23.0 Å². The molecule has 0 saturated carbocycles. The van der Waals surface area contributed by atoms with E-state index in [1.807, 2.05) is 42.5 Å². The summed E-state index contributed by atoms with van der Waals surface area (Å²) in [6, 6.07) is 22.6. The van der Waals surface area contributed by atoms with Gasteiger partial charge in [0, 0.05) is 11.1 Å². The molecule has 4 rings (SSSR count). The van der Waals surface area contributed by atoms with Gasteiger partial charge in [-0.2, -0.15) is 10.2 Å². The number of H-pyrrole nitrogens is 1. The predicted molar refractivity (Wildman–Crippen MR) is 109 cm³/mol. The Hall–Kier alpha value is -3.93. The fourth-order valence-electron chi connectivity index (χ4n) is 2.97. The maximum absolute atomic E-state index is 12.4. The van der Waals surface area contributed by atoms with Gasteiger partial charge in [0.15, 0.2) is 0 Å². The summed E-state index contributed by atoms with van der Waals surface area (Å²) >= 11 is 0. The maximum atomic E-state index is 12.4. The van der Waals surface area contributed by atoms with Crippen LogP contribution < -0.4 is 5.43 Å². The summed E-state index contributed by atoms with van der Waals surface area (Å²) in [7, 11) is 0. The number of para-hydroxylation sites is 1. The van der Waals surface area contributed by atoms with Gasteiger partial charge in [-0.05, 0) is 42.0 Å². The van der Waals surface area contributed by atoms with Crippen molar-refractivity contribution in [1.82, 2.24) is 15.6 Å². The van der Waals surface area contributed by atoms with Crippen molar-refractivity contribution < 1.29 is 9.90 Å². The first-order valence-corrected chi connectivity index (χ1v) is 8.79. The lowest BCUT2D eigenvalue weighted by atomic mass is 10.1. The van der Waals surface area contributed by atoms with Crippen LogP contribution in [0.3, 0.4) is 0 Å². The number of hydrazone groups is 1. The zero-order valence-electron chi connectivity index (χ0n) is 15.2. The highest BCUT2D eigenvalue weighted by Gasteiger charge is 2.12. The fourth-order valence-corrected chi connectivity index (χ4v) is 2.97. The molecule has 6 nitrogen and oxygen atoms in total. The van der Waals surface area contributed by atoms with Gasteiger partial charge >= 0.3 is 0 Å². The van der Waals surface area contributed by atoms with Gasteiger partial charge in [0.2, 0.25) is 0 Å². The SMILES string of the molecule is C/C(=N\NC(=O)c1cc(-c2ccc3ccccc3c2)n[nH]1)c1ccccc1O. The molecule has 0 unspecified atom stereocenters. The Bertz CT molecular complexity index is 1190. The number of phenolic OH excluding ortho intramolecular Hbond substituents is 1. The zero-order chi connectivity index (χ0) is 19.5. The smallest absolute Gasteiger partial charge is 0.289 e. The highest BCUT2D eigenvalue weighted by atomic mass is 16.3. The highest BCUT2D eigenvalue weighted by Crippen LogP contribution is 2.23. The van der Waals surface area contributed by atoms with Crippen molar-refractivity contribution in [3.05, 3.63) is 84.1 Å². The van der Waals surface area contributed by atoms with Crippen molar-refractivity contribution in [2.24, 2.45) is 5.10 Å². The van der Waals surface area contributed by atoms with Crippen LogP contribution in [0.5, 0.6) is 5.75 Å². The monoisotopic (exact) mass is 370 g/mol. The van der Waals surface area contributed by atoms with E-state index >= 15 is 0 Å². The number of nitrogens with one attached hydrogen (secondary N) is 2. The zero-order valence-corrected chi connectivity index (χ0v) is 15.2. The number of carbonyl (C=O) groups is 1. The van der Waals surface area contributed by atoms with Crippen LogP contribution in [0.25, 0.3) is 22.0 Å². The molecule has 1 heterocycles. The van der Waals surface area contributed by atoms with Gasteiger partial charge in [0.05, 0.1) is 11.4 Å². The molecule has 28 heavy (non-hydrogen) atoms. The highest BCUT2D eigenvalue weighted by molar-refractivity contribution is 6.02. The van der Waals surface area contributed by atoms with Crippen molar-refractivity contribution in [2.75, 3.05) is 0 Å². The Morgan fingerprint density at radius 3 is 2.57 bits per heavy atom. The molecular weight excluding hydrogens is 352 g/mol. The number of amides is 1. The van der Waals surface area contributed by atoms with Crippen molar-refractivity contribution >= 4 is 22.4 Å². The number of carbonyl (C=O) groups excluding carboxylic acids is 1. The van der Waals surface area contributed by atoms with Gasteiger partial charge in [0.1, 0.15) is 11.4 Å². The minimum absolute atomic E-state index is 0.109. The Labute approximate surface area is 161 Å². The molecule has 6 heteroatoms. The first-order chi connectivity index (χ1) is 13.6. The van der Waals surface area contributed by atoms with E-state index in [9.17, 15) is 9.90 Å². The third kappa shape index (κ3) is 3.48. The molecule has 1 amide bonds. The molecule has 3 N–H and O–H groups in total. The molecule has 0 saturated heterocycles. The van der Waals surface area contributed by atoms with Gasteiger partial charge in [-0.15, -0.1) is 0 Å². The van der Waals surface area contributed by atoms with Gasteiger partial charge in [-0.3, -0.25) is 9.89 Å². The fraction of sp³-hybridized carbons (Fsp3) is 0.0455. The van der Waals surface area contributed by atoms with Crippen LogP contribution in [0, 0.1) is 0 Å². The van der Waals surface area contributed by atoms with E-state index in [-0.39, 0.29) is 5.75 Å². The van der Waals surface area contributed by atoms with Gasteiger partial charge in [-0.25, -0.2) is 5.43 Å². The van der Waals surface area contributed by atoms with E-state index in [1.54, 1.807) is 37.3 Å². The normalized spacial score (nSPS) is 11.5. The Kier molecular flexibility index (Phi) is 4.60. The van der Waals surface area contributed by atoms with Crippen LogP contribution in [0.4, 0.5) is 0 Å². The van der Waals surface area contributed by atoms with Crippen LogP contribution in [-0.4, -0.2) is 26.9 Å². The average Bonchev–Trinajstić information content (AvgIpc) is 3.22.